The van der Waals surface area contributed by atoms with Crippen LogP contribution in [0, 0.1) is 0 Å². The lowest BCUT2D eigenvalue weighted by Crippen LogP contribution is -2.45. The van der Waals surface area contributed by atoms with Gasteiger partial charge in [-0.2, -0.15) is 0 Å². The van der Waals surface area contributed by atoms with Crippen LogP contribution < -0.4 is 10.6 Å². The Balaban J connectivity index is 0.00000420. The Morgan fingerprint density at radius 2 is 1.79 bits per heavy atom. The fourth-order valence-electron chi connectivity index (χ4n) is 3.71. The first-order valence-corrected chi connectivity index (χ1v) is 10.5. The molecule has 1 amide bonds. The van der Waals surface area contributed by atoms with Gasteiger partial charge in [0, 0.05) is 44.8 Å². The monoisotopic (exact) mass is 515 g/mol. The minimum Gasteiger partial charge on any atom is -0.357 e. The highest BCUT2D eigenvalue weighted by molar-refractivity contribution is 14.0. The summed E-state index contributed by atoms with van der Waals surface area (Å²) in [6.07, 6.45) is 0.921. The van der Waals surface area contributed by atoms with Crippen molar-refractivity contribution in [2.75, 3.05) is 32.7 Å². The number of hydrogen-bond donors (Lipinski definition) is 2. The third-order valence-corrected chi connectivity index (χ3v) is 5.19. The molecule has 0 fully saturated rings. The maximum Gasteiger partial charge on any atom is 0.244 e. The van der Waals surface area contributed by atoms with Gasteiger partial charge >= 0.3 is 0 Å². The summed E-state index contributed by atoms with van der Waals surface area (Å²) in [6, 6.07) is 9.37. The van der Waals surface area contributed by atoms with Crippen molar-refractivity contribution in [3.05, 3.63) is 35.4 Å². The molecule has 0 spiro atoms. The molecule has 0 aromatic heterocycles. The lowest BCUT2D eigenvalue weighted by Gasteiger charge is -2.30. The molecule has 0 saturated heterocycles. The van der Waals surface area contributed by atoms with Crippen molar-refractivity contribution in [2.45, 2.75) is 59.7 Å². The van der Waals surface area contributed by atoms with Crippen LogP contribution in [0.3, 0.4) is 0 Å². The van der Waals surface area contributed by atoms with Gasteiger partial charge in [0.05, 0.1) is 0 Å². The molecule has 6 nitrogen and oxygen atoms in total. The zero-order valence-corrected chi connectivity index (χ0v) is 20.9. The predicted molar refractivity (Wildman–Crippen MR) is 132 cm³/mol. The van der Waals surface area contributed by atoms with E-state index in [1.165, 1.54) is 11.1 Å². The Labute approximate surface area is 193 Å². The van der Waals surface area contributed by atoms with Crippen LogP contribution in [0.25, 0.3) is 0 Å². The van der Waals surface area contributed by atoms with Gasteiger partial charge in [-0.3, -0.25) is 9.69 Å². The molecule has 164 valence electrons. The smallest absolute Gasteiger partial charge is 0.244 e. The molecule has 0 atom stereocenters. The van der Waals surface area contributed by atoms with Crippen molar-refractivity contribution >= 4 is 35.8 Å². The van der Waals surface area contributed by atoms with Crippen molar-refractivity contribution in [1.29, 1.82) is 0 Å². The fourth-order valence-corrected chi connectivity index (χ4v) is 3.71. The molecule has 1 aliphatic rings. The first-order chi connectivity index (χ1) is 13.4. The van der Waals surface area contributed by atoms with Gasteiger partial charge in [-0.15, -0.1) is 24.0 Å². The highest BCUT2D eigenvalue weighted by Crippen LogP contribution is 2.18. The SMILES string of the molecule is CCNC(=NCC(=O)N1CCc2ccccc2C1)NCCN(C(C)C)C(C)C.I. The van der Waals surface area contributed by atoms with Crippen LogP contribution in [0.15, 0.2) is 29.3 Å². The van der Waals surface area contributed by atoms with Crippen LogP contribution in [-0.2, 0) is 17.8 Å². The van der Waals surface area contributed by atoms with E-state index in [0.717, 1.165) is 32.6 Å². The van der Waals surface area contributed by atoms with Crippen LogP contribution in [0.4, 0.5) is 0 Å². The Kier molecular flexibility index (Phi) is 11.6. The van der Waals surface area contributed by atoms with Gasteiger partial charge in [-0.25, -0.2) is 4.99 Å². The number of hydrogen-bond acceptors (Lipinski definition) is 3. The number of aliphatic imine (C=N–C) groups is 1. The highest BCUT2D eigenvalue weighted by atomic mass is 127. The fraction of sp³-hybridized carbons (Fsp3) is 0.636. The van der Waals surface area contributed by atoms with Gasteiger partial charge in [0.2, 0.25) is 5.91 Å². The number of carbonyl (C=O) groups excluding carboxylic acids is 1. The van der Waals surface area contributed by atoms with Crippen molar-refractivity contribution in [1.82, 2.24) is 20.4 Å². The van der Waals surface area contributed by atoms with E-state index in [0.29, 0.717) is 24.6 Å². The van der Waals surface area contributed by atoms with Crippen molar-refractivity contribution < 1.29 is 4.79 Å². The van der Waals surface area contributed by atoms with E-state index in [-0.39, 0.29) is 36.4 Å². The van der Waals surface area contributed by atoms with E-state index in [1.807, 2.05) is 17.9 Å². The standard InChI is InChI=1S/C22H37N5O.HI/c1-6-23-22(24-12-14-27(17(2)3)18(4)5)25-15-21(28)26-13-11-19-9-7-8-10-20(19)16-26;/h7-10,17-18H,6,11-16H2,1-5H3,(H2,23,24,25);1H. The van der Waals surface area contributed by atoms with Crippen LogP contribution >= 0.6 is 24.0 Å². The largest absolute Gasteiger partial charge is 0.357 e. The second-order valence-electron chi connectivity index (χ2n) is 7.88. The van der Waals surface area contributed by atoms with E-state index < -0.39 is 0 Å². The number of fused-ring (bicyclic) bond motifs is 1. The van der Waals surface area contributed by atoms with Gasteiger partial charge in [0.15, 0.2) is 5.96 Å². The summed E-state index contributed by atoms with van der Waals surface area (Å²) in [4.78, 5) is 21.5. The zero-order chi connectivity index (χ0) is 20.5. The lowest BCUT2D eigenvalue weighted by atomic mass is 10.00. The lowest BCUT2D eigenvalue weighted by molar-refractivity contribution is -0.130. The maximum atomic E-state index is 12.6. The number of carbonyl (C=O) groups is 1. The molecule has 0 bridgehead atoms. The summed E-state index contributed by atoms with van der Waals surface area (Å²) in [5.74, 6) is 0.790. The Bertz CT molecular complexity index is 654. The number of nitrogens with zero attached hydrogens (tertiary/aromatic N) is 3. The molecule has 0 radical (unpaired) electrons. The van der Waals surface area contributed by atoms with Crippen LogP contribution in [0.2, 0.25) is 0 Å². The van der Waals surface area contributed by atoms with E-state index in [9.17, 15) is 4.79 Å². The molecule has 2 rings (SSSR count). The molecule has 7 heteroatoms. The van der Waals surface area contributed by atoms with E-state index in [2.05, 4.69) is 66.4 Å². The van der Waals surface area contributed by atoms with Crippen molar-refractivity contribution in [3.63, 3.8) is 0 Å². The van der Waals surface area contributed by atoms with E-state index in [1.54, 1.807) is 0 Å². The Hall–Kier alpha value is -1.35. The number of benzene rings is 1. The van der Waals surface area contributed by atoms with Gasteiger partial charge < -0.3 is 15.5 Å². The number of guanidine groups is 1. The molecular formula is C22H38IN5O. The zero-order valence-electron chi connectivity index (χ0n) is 18.6. The normalized spacial score (nSPS) is 14.1. The van der Waals surface area contributed by atoms with Gasteiger partial charge in [0.1, 0.15) is 6.54 Å². The van der Waals surface area contributed by atoms with E-state index in [4.69, 9.17) is 0 Å². The van der Waals surface area contributed by atoms with Crippen LogP contribution in [0.5, 0.6) is 0 Å². The topological polar surface area (TPSA) is 60.0 Å². The van der Waals surface area contributed by atoms with Crippen molar-refractivity contribution in [3.8, 4) is 0 Å². The molecule has 29 heavy (non-hydrogen) atoms. The van der Waals surface area contributed by atoms with Gasteiger partial charge in [0.25, 0.3) is 0 Å². The average Bonchev–Trinajstić information content (AvgIpc) is 2.67. The molecule has 1 aliphatic heterocycles. The third kappa shape index (κ3) is 8.12. The second kappa shape index (κ2) is 13.1. The summed E-state index contributed by atoms with van der Waals surface area (Å²) < 4.78 is 0. The summed E-state index contributed by atoms with van der Waals surface area (Å²) in [5, 5.41) is 6.60. The number of halogens is 1. The first kappa shape index (κ1) is 25.7. The van der Waals surface area contributed by atoms with Gasteiger partial charge in [-0.1, -0.05) is 24.3 Å². The summed E-state index contributed by atoms with van der Waals surface area (Å²) in [5.41, 5.74) is 2.60. The summed E-state index contributed by atoms with van der Waals surface area (Å²) >= 11 is 0. The summed E-state index contributed by atoms with van der Waals surface area (Å²) in [6.45, 7) is 15.1. The highest BCUT2D eigenvalue weighted by Gasteiger charge is 2.20. The third-order valence-electron chi connectivity index (χ3n) is 5.19. The number of nitrogens with one attached hydrogen (secondary N) is 2. The minimum atomic E-state index is 0. The average molecular weight is 515 g/mol. The molecule has 2 N–H and O–H groups in total. The predicted octanol–water partition coefficient (Wildman–Crippen LogP) is 2.86. The van der Waals surface area contributed by atoms with Crippen LogP contribution in [-0.4, -0.2) is 66.5 Å². The molecule has 0 saturated carbocycles. The van der Waals surface area contributed by atoms with Crippen molar-refractivity contribution in [2.24, 2.45) is 4.99 Å². The molecule has 1 aromatic carbocycles. The van der Waals surface area contributed by atoms with Gasteiger partial charge in [-0.05, 0) is 52.2 Å². The molecule has 1 aromatic rings. The molecular weight excluding hydrogens is 477 g/mol. The second-order valence-corrected chi connectivity index (χ2v) is 7.88. The molecule has 1 heterocycles. The van der Waals surface area contributed by atoms with E-state index >= 15 is 0 Å². The maximum absolute atomic E-state index is 12.6. The Morgan fingerprint density at radius 1 is 1.14 bits per heavy atom. The summed E-state index contributed by atoms with van der Waals surface area (Å²) in [7, 11) is 0. The number of amides is 1. The molecule has 0 aliphatic carbocycles. The van der Waals surface area contributed by atoms with Crippen LogP contribution in [0.1, 0.15) is 45.7 Å². The molecule has 0 unspecified atom stereocenters. The number of rotatable bonds is 8. The minimum absolute atomic E-state index is 0. The Morgan fingerprint density at radius 3 is 2.41 bits per heavy atom. The quantitative estimate of drug-likeness (QED) is 0.318. The first-order valence-electron chi connectivity index (χ1n) is 10.5.